The summed E-state index contributed by atoms with van der Waals surface area (Å²) >= 11 is 0. The lowest BCUT2D eigenvalue weighted by atomic mass is 9.96. The molecule has 23 heavy (non-hydrogen) atoms. The number of allylic oxidation sites excluding steroid dienone is 4. The van der Waals surface area contributed by atoms with Gasteiger partial charge in [-0.3, -0.25) is 0 Å². The summed E-state index contributed by atoms with van der Waals surface area (Å²) < 4.78 is 0. The van der Waals surface area contributed by atoms with Gasteiger partial charge in [0.15, 0.2) is 0 Å². The SMILES string of the molecule is C1=C(c2ccccc2)CC(c2ccccc2)=C1c1ccccc1. The molecule has 0 radical (unpaired) electrons. The van der Waals surface area contributed by atoms with Crippen LogP contribution in [0.15, 0.2) is 97.1 Å². The van der Waals surface area contributed by atoms with Gasteiger partial charge in [-0.25, -0.2) is 0 Å². The molecule has 4 rings (SSSR count). The monoisotopic (exact) mass is 294 g/mol. The zero-order valence-corrected chi connectivity index (χ0v) is 12.9. The van der Waals surface area contributed by atoms with E-state index in [-0.39, 0.29) is 0 Å². The Labute approximate surface area is 137 Å². The van der Waals surface area contributed by atoms with E-state index in [0.717, 1.165) is 6.42 Å². The molecule has 3 aromatic carbocycles. The van der Waals surface area contributed by atoms with Gasteiger partial charge in [-0.05, 0) is 45.9 Å². The summed E-state index contributed by atoms with van der Waals surface area (Å²) in [5.74, 6) is 0. The van der Waals surface area contributed by atoms with Gasteiger partial charge in [-0.15, -0.1) is 0 Å². The Bertz CT molecular complexity index is 854. The number of hydrogen-bond donors (Lipinski definition) is 0. The first kappa shape index (κ1) is 13.8. The van der Waals surface area contributed by atoms with Crippen molar-refractivity contribution < 1.29 is 0 Å². The van der Waals surface area contributed by atoms with Crippen LogP contribution in [0.2, 0.25) is 0 Å². The van der Waals surface area contributed by atoms with Gasteiger partial charge < -0.3 is 0 Å². The van der Waals surface area contributed by atoms with Crippen molar-refractivity contribution in [2.45, 2.75) is 6.42 Å². The third kappa shape index (κ3) is 2.76. The molecule has 0 heteroatoms. The molecule has 0 amide bonds. The van der Waals surface area contributed by atoms with Gasteiger partial charge in [0.1, 0.15) is 0 Å². The van der Waals surface area contributed by atoms with Gasteiger partial charge in [0.2, 0.25) is 0 Å². The third-order valence-electron chi connectivity index (χ3n) is 4.36. The molecule has 0 bridgehead atoms. The molecule has 0 nitrogen and oxygen atoms in total. The minimum absolute atomic E-state index is 0.984. The minimum atomic E-state index is 0.984. The van der Waals surface area contributed by atoms with E-state index < -0.39 is 0 Å². The standard InChI is InChI=1S/C23H18/c1-4-10-18(11-5-1)21-16-22(19-12-6-2-7-13-19)23(17-21)20-14-8-3-9-15-20/h1-16H,17H2. The molecular formula is C23H18. The lowest BCUT2D eigenvalue weighted by Gasteiger charge is -2.08. The molecule has 0 saturated heterocycles. The van der Waals surface area contributed by atoms with Crippen LogP contribution in [-0.4, -0.2) is 0 Å². The fraction of sp³-hybridized carbons (Fsp3) is 0.0435. The van der Waals surface area contributed by atoms with Crippen molar-refractivity contribution in [3.8, 4) is 0 Å². The maximum Gasteiger partial charge on any atom is -0.000750 e. The Hall–Kier alpha value is -2.86. The smallest absolute Gasteiger partial charge is 0.000750 e. The van der Waals surface area contributed by atoms with Crippen LogP contribution >= 0.6 is 0 Å². The summed E-state index contributed by atoms with van der Waals surface area (Å²) in [5.41, 5.74) is 8.06. The van der Waals surface area contributed by atoms with Crippen LogP contribution < -0.4 is 0 Å². The normalized spacial score (nSPS) is 14.0. The summed E-state index contributed by atoms with van der Waals surface area (Å²) in [6.07, 6.45) is 3.34. The van der Waals surface area contributed by atoms with Crippen LogP contribution in [0.4, 0.5) is 0 Å². The molecule has 0 fully saturated rings. The molecular weight excluding hydrogens is 276 g/mol. The first-order chi connectivity index (χ1) is 11.4. The second-order valence-electron chi connectivity index (χ2n) is 5.84. The lowest BCUT2D eigenvalue weighted by Crippen LogP contribution is -1.86. The molecule has 0 saturated carbocycles. The number of rotatable bonds is 3. The molecule has 0 N–H and O–H groups in total. The van der Waals surface area contributed by atoms with Crippen LogP contribution in [-0.2, 0) is 0 Å². The third-order valence-corrected chi connectivity index (χ3v) is 4.36. The molecule has 0 spiro atoms. The number of hydrogen-bond acceptors (Lipinski definition) is 0. The Morgan fingerprint density at radius 1 is 0.478 bits per heavy atom. The zero-order valence-electron chi connectivity index (χ0n) is 12.9. The van der Waals surface area contributed by atoms with Gasteiger partial charge in [0.25, 0.3) is 0 Å². The molecule has 0 aliphatic heterocycles. The van der Waals surface area contributed by atoms with E-state index in [1.807, 2.05) is 0 Å². The van der Waals surface area contributed by atoms with Crippen LogP contribution in [0.25, 0.3) is 16.7 Å². The van der Waals surface area contributed by atoms with Crippen LogP contribution in [0, 0.1) is 0 Å². The van der Waals surface area contributed by atoms with Crippen molar-refractivity contribution in [2.75, 3.05) is 0 Å². The van der Waals surface area contributed by atoms with Gasteiger partial charge in [0, 0.05) is 0 Å². The predicted octanol–water partition coefficient (Wildman–Crippen LogP) is 6.08. The van der Waals surface area contributed by atoms with Crippen molar-refractivity contribution in [2.24, 2.45) is 0 Å². The summed E-state index contributed by atoms with van der Waals surface area (Å²) in [5, 5.41) is 0. The molecule has 1 aliphatic carbocycles. The summed E-state index contributed by atoms with van der Waals surface area (Å²) in [7, 11) is 0. The average molecular weight is 294 g/mol. The quantitative estimate of drug-likeness (QED) is 0.548. The van der Waals surface area contributed by atoms with Crippen molar-refractivity contribution in [1.82, 2.24) is 0 Å². The maximum atomic E-state index is 2.35. The topological polar surface area (TPSA) is 0 Å². The summed E-state index contributed by atoms with van der Waals surface area (Å²) in [6.45, 7) is 0. The Morgan fingerprint density at radius 2 is 0.957 bits per heavy atom. The average Bonchev–Trinajstić information content (AvgIpc) is 3.09. The van der Waals surface area contributed by atoms with Crippen LogP contribution in [0.5, 0.6) is 0 Å². The van der Waals surface area contributed by atoms with E-state index in [2.05, 4.69) is 97.1 Å². The highest BCUT2D eigenvalue weighted by atomic mass is 14.2. The largest absolute Gasteiger partial charge is 0.0622 e. The first-order valence-electron chi connectivity index (χ1n) is 8.02. The molecule has 0 aromatic heterocycles. The fourth-order valence-electron chi connectivity index (χ4n) is 3.21. The molecule has 1 aliphatic rings. The highest BCUT2D eigenvalue weighted by Crippen LogP contribution is 2.42. The highest BCUT2D eigenvalue weighted by molar-refractivity contribution is 6.06. The van der Waals surface area contributed by atoms with Crippen molar-refractivity contribution in [3.63, 3.8) is 0 Å². The summed E-state index contributed by atoms with van der Waals surface area (Å²) in [6, 6.07) is 32.1. The van der Waals surface area contributed by atoms with Crippen LogP contribution in [0.1, 0.15) is 23.1 Å². The number of benzene rings is 3. The zero-order chi connectivity index (χ0) is 15.5. The molecule has 110 valence electrons. The van der Waals surface area contributed by atoms with Gasteiger partial charge in [-0.2, -0.15) is 0 Å². The molecule has 0 atom stereocenters. The van der Waals surface area contributed by atoms with Crippen molar-refractivity contribution >= 4 is 16.7 Å². The predicted molar refractivity (Wildman–Crippen MR) is 98.7 cm³/mol. The summed E-state index contributed by atoms with van der Waals surface area (Å²) in [4.78, 5) is 0. The Kier molecular flexibility index (Phi) is 3.65. The van der Waals surface area contributed by atoms with Gasteiger partial charge in [-0.1, -0.05) is 91.0 Å². The van der Waals surface area contributed by atoms with Crippen molar-refractivity contribution in [1.29, 1.82) is 0 Å². The van der Waals surface area contributed by atoms with Crippen LogP contribution in [0.3, 0.4) is 0 Å². The minimum Gasteiger partial charge on any atom is -0.0622 e. The second-order valence-corrected chi connectivity index (χ2v) is 5.84. The van der Waals surface area contributed by atoms with E-state index >= 15 is 0 Å². The lowest BCUT2D eigenvalue weighted by molar-refractivity contribution is 1.42. The highest BCUT2D eigenvalue weighted by Gasteiger charge is 2.19. The Balaban J connectivity index is 1.82. The Morgan fingerprint density at radius 3 is 1.52 bits per heavy atom. The van der Waals surface area contributed by atoms with Gasteiger partial charge >= 0.3 is 0 Å². The van der Waals surface area contributed by atoms with E-state index in [1.165, 1.54) is 33.4 Å². The van der Waals surface area contributed by atoms with E-state index in [1.54, 1.807) is 0 Å². The molecule has 0 unspecified atom stereocenters. The van der Waals surface area contributed by atoms with E-state index in [9.17, 15) is 0 Å². The fourth-order valence-corrected chi connectivity index (χ4v) is 3.21. The molecule has 0 heterocycles. The van der Waals surface area contributed by atoms with E-state index in [4.69, 9.17) is 0 Å². The van der Waals surface area contributed by atoms with E-state index in [0.29, 0.717) is 0 Å². The molecule has 3 aromatic rings. The second kappa shape index (κ2) is 6.10. The maximum absolute atomic E-state index is 2.35. The van der Waals surface area contributed by atoms with Crippen molar-refractivity contribution in [3.05, 3.63) is 114 Å². The first-order valence-corrected chi connectivity index (χ1v) is 8.02. The van der Waals surface area contributed by atoms with Gasteiger partial charge in [0.05, 0.1) is 0 Å².